The second kappa shape index (κ2) is 6.99. The number of hydrogen-bond donors (Lipinski definition) is 1. The molecule has 19 heavy (non-hydrogen) atoms. The molecule has 0 saturated heterocycles. The minimum atomic E-state index is -0.701. The molecule has 1 rings (SSSR count). The predicted molar refractivity (Wildman–Crippen MR) is 71.3 cm³/mol. The second-order valence-corrected chi connectivity index (χ2v) is 4.42. The van der Waals surface area contributed by atoms with Crippen molar-refractivity contribution in [2.45, 2.75) is 19.9 Å². The molecule has 1 atom stereocenters. The molecule has 1 unspecified atom stereocenters. The molecule has 1 N–H and O–H groups in total. The number of carbonyl (C=O) groups excluding carboxylic acids is 2. The van der Waals surface area contributed by atoms with Gasteiger partial charge in [-0.05, 0) is 37.6 Å². The van der Waals surface area contributed by atoms with Gasteiger partial charge in [-0.1, -0.05) is 11.6 Å². The van der Waals surface area contributed by atoms with E-state index in [-0.39, 0.29) is 6.61 Å². The Labute approximate surface area is 116 Å². The van der Waals surface area contributed by atoms with E-state index < -0.39 is 17.9 Å². The molecule has 0 spiro atoms. The number of carbonyl (C=O) groups is 2. The maximum atomic E-state index is 11.5. The monoisotopic (exact) mass is 285 g/mol. The fourth-order valence-electron chi connectivity index (χ4n) is 1.37. The number of rotatable bonds is 5. The lowest BCUT2D eigenvalue weighted by Crippen LogP contribution is -2.41. The Morgan fingerprint density at radius 3 is 2.68 bits per heavy atom. The number of ether oxygens (including phenoxy) is 2. The quantitative estimate of drug-likeness (QED) is 0.837. The van der Waals surface area contributed by atoms with E-state index in [1.165, 1.54) is 14.0 Å². The van der Waals surface area contributed by atoms with Gasteiger partial charge in [0.05, 0.1) is 7.11 Å². The summed E-state index contributed by atoms with van der Waals surface area (Å²) >= 11 is 5.88. The van der Waals surface area contributed by atoms with E-state index in [0.29, 0.717) is 10.8 Å². The lowest BCUT2D eigenvalue weighted by molar-refractivity contribution is -0.144. The number of methoxy groups -OCH3 is 1. The summed E-state index contributed by atoms with van der Waals surface area (Å²) in [6, 6.07) is 4.40. The van der Waals surface area contributed by atoms with Crippen LogP contribution in [0.25, 0.3) is 0 Å². The van der Waals surface area contributed by atoms with Gasteiger partial charge in [-0.15, -0.1) is 0 Å². The molecule has 6 heteroatoms. The molecule has 0 aromatic heterocycles. The topological polar surface area (TPSA) is 64.6 Å². The maximum absolute atomic E-state index is 11.5. The summed E-state index contributed by atoms with van der Waals surface area (Å²) in [6.07, 6.45) is 0. The Bertz CT molecular complexity index is 476. The lowest BCUT2D eigenvalue weighted by atomic mass is 10.2. The van der Waals surface area contributed by atoms with Crippen LogP contribution in [0.15, 0.2) is 18.2 Å². The highest BCUT2D eigenvalue weighted by atomic mass is 35.5. The van der Waals surface area contributed by atoms with Gasteiger partial charge >= 0.3 is 5.97 Å². The third-order valence-electron chi connectivity index (χ3n) is 2.43. The van der Waals surface area contributed by atoms with Crippen molar-refractivity contribution >= 4 is 23.5 Å². The Morgan fingerprint density at radius 1 is 1.42 bits per heavy atom. The van der Waals surface area contributed by atoms with Crippen LogP contribution in [0, 0.1) is 6.92 Å². The van der Waals surface area contributed by atoms with Crippen LogP contribution in [-0.2, 0) is 14.3 Å². The van der Waals surface area contributed by atoms with Crippen molar-refractivity contribution in [3.63, 3.8) is 0 Å². The lowest BCUT2D eigenvalue weighted by Gasteiger charge is -2.12. The van der Waals surface area contributed by atoms with Crippen LogP contribution in [-0.4, -0.2) is 31.6 Å². The molecular weight excluding hydrogens is 270 g/mol. The second-order valence-electron chi connectivity index (χ2n) is 4.01. The van der Waals surface area contributed by atoms with Crippen molar-refractivity contribution < 1.29 is 19.1 Å². The van der Waals surface area contributed by atoms with E-state index in [1.807, 2.05) is 6.92 Å². The first kappa shape index (κ1) is 15.3. The molecular formula is C13H16ClNO4. The molecule has 0 radical (unpaired) electrons. The SMILES string of the molecule is COC(=O)C(C)NC(=O)COc1ccc(Cl)c(C)c1. The highest BCUT2D eigenvalue weighted by Gasteiger charge is 2.15. The van der Waals surface area contributed by atoms with Crippen LogP contribution in [0.5, 0.6) is 5.75 Å². The molecule has 1 amide bonds. The van der Waals surface area contributed by atoms with Gasteiger partial charge in [0, 0.05) is 5.02 Å². The van der Waals surface area contributed by atoms with E-state index in [9.17, 15) is 9.59 Å². The van der Waals surface area contributed by atoms with Crippen LogP contribution >= 0.6 is 11.6 Å². The average molecular weight is 286 g/mol. The van der Waals surface area contributed by atoms with Gasteiger partial charge in [-0.25, -0.2) is 4.79 Å². The third kappa shape index (κ3) is 4.79. The maximum Gasteiger partial charge on any atom is 0.328 e. The van der Waals surface area contributed by atoms with Crippen LogP contribution in [0.3, 0.4) is 0 Å². The van der Waals surface area contributed by atoms with Gasteiger partial charge in [-0.3, -0.25) is 4.79 Å². The van der Waals surface area contributed by atoms with Gasteiger partial charge < -0.3 is 14.8 Å². The van der Waals surface area contributed by atoms with Crippen LogP contribution in [0.1, 0.15) is 12.5 Å². The Morgan fingerprint density at radius 2 is 2.11 bits per heavy atom. The van der Waals surface area contributed by atoms with Crippen LogP contribution in [0.4, 0.5) is 0 Å². The fourth-order valence-corrected chi connectivity index (χ4v) is 1.49. The Kier molecular flexibility index (Phi) is 5.63. The number of benzene rings is 1. The number of halogens is 1. The normalized spacial score (nSPS) is 11.6. The number of aryl methyl sites for hydroxylation is 1. The first-order valence-corrected chi connectivity index (χ1v) is 6.08. The summed E-state index contributed by atoms with van der Waals surface area (Å²) < 4.78 is 9.79. The highest BCUT2D eigenvalue weighted by molar-refractivity contribution is 6.31. The highest BCUT2D eigenvalue weighted by Crippen LogP contribution is 2.20. The van der Waals surface area contributed by atoms with Crippen molar-refractivity contribution in [3.05, 3.63) is 28.8 Å². The molecule has 0 bridgehead atoms. The van der Waals surface area contributed by atoms with E-state index in [4.69, 9.17) is 16.3 Å². The van der Waals surface area contributed by atoms with Crippen molar-refractivity contribution in [3.8, 4) is 5.75 Å². The third-order valence-corrected chi connectivity index (χ3v) is 2.86. The first-order valence-electron chi connectivity index (χ1n) is 5.70. The van der Waals surface area contributed by atoms with Crippen molar-refractivity contribution in [2.75, 3.05) is 13.7 Å². The van der Waals surface area contributed by atoms with Gasteiger partial charge in [-0.2, -0.15) is 0 Å². The zero-order valence-corrected chi connectivity index (χ0v) is 11.8. The van der Waals surface area contributed by atoms with E-state index in [0.717, 1.165) is 5.56 Å². The van der Waals surface area contributed by atoms with E-state index in [2.05, 4.69) is 10.1 Å². The average Bonchev–Trinajstić information content (AvgIpc) is 2.39. The largest absolute Gasteiger partial charge is 0.484 e. The van der Waals surface area contributed by atoms with Crippen molar-refractivity contribution in [1.82, 2.24) is 5.32 Å². The zero-order chi connectivity index (χ0) is 14.4. The molecule has 0 saturated carbocycles. The summed E-state index contributed by atoms with van der Waals surface area (Å²) in [5, 5.41) is 3.10. The molecule has 0 aliphatic carbocycles. The number of hydrogen-bond acceptors (Lipinski definition) is 4. The minimum absolute atomic E-state index is 0.178. The number of esters is 1. The summed E-state index contributed by atoms with van der Waals surface area (Å²) in [5.74, 6) is -0.357. The molecule has 0 fully saturated rings. The summed E-state index contributed by atoms with van der Waals surface area (Å²) in [5.41, 5.74) is 0.863. The zero-order valence-electron chi connectivity index (χ0n) is 11.0. The molecule has 104 valence electrons. The standard InChI is InChI=1S/C13H16ClNO4/c1-8-6-10(4-5-11(8)14)19-7-12(16)15-9(2)13(17)18-3/h4-6,9H,7H2,1-3H3,(H,15,16). The number of amides is 1. The molecule has 1 aromatic rings. The molecule has 0 aliphatic heterocycles. The van der Waals surface area contributed by atoms with Crippen LogP contribution < -0.4 is 10.1 Å². The van der Waals surface area contributed by atoms with Gasteiger partial charge in [0.25, 0.3) is 5.91 Å². The minimum Gasteiger partial charge on any atom is -0.484 e. The van der Waals surface area contributed by atoms with E-state index in [1.54, 1.807) is 18.2 Å². The number of nitrogens with one attached hydrogen (secondary N) is 1. The Balaban J connectivity index is 2.46. The van der Waals surface area contributed by atoms with Gasteiger partial charge in [0.15, 0.2) is 6.61 Å². The predicted octanol–water partition coefficient (Wildman–Crippen LogP) is 1.70. The summed E-state index contributed by atoms with van der Waals surface area (Å²) in [4.78, 5) is 22.6. The van der Waals surface area contributed by atoms with Gasteiger partial charge in [0.2, 0.25) is 0 Å². The van der Waals surface area contributed by atoms with E-state index >= 15 is 0 Å². The smallest absolute Gasteiger partial charge is 0.328 e. The molecule has 1 aromatic carbocycles. The van der Waals surface area contributed by atoms with Gasteiger partial charge in [0.1, 0.15) is 11.8 Å². The van der Waals surface area contributed by atoms with Crippen LogP contribution in [0.2, 0.25) is 5.02 Å². The fraction of sp³-hybridized carbons (Fsp3) is 0.385. The molecule has 5 nitrogen and oxygen atoms in total. The molecule has 0 heterocycles. The summed E-state index contributed by atoms with van der Waals surface area (Å²) in [7, 11) is 1.26. The Hall–Kier alpha value is -1.75. The molecule has 0 aliphatic rings. The summed E-state index contributed by atoms with van der Waals surface area (Å²) in [6.45, 7) is 3.20. The van der Waals surface area contributed by atoms with Crippen molar-refractivity contribution in [2.24, 2.45) is 0 Å². The van der Waals surface area contributed by atoms with Crippen molar-refractivity contribution in [1.29, 1.82) is 0 Å². The first-order chi connectivity index (χ1) is 8.93.